The first kappa shape index (κ1) is 83.1. The average Bonchev–Trinajstić information content (AvgIpc) is 2.94. The molecule has 0 saturated heterocycles. The topological polar surface area (TPSA) is 587 Å². The van der Waals surface area contributed by atoms with Gasteiger partial charge in [0.05, 0.1) is 71.6 Å². The van der Waals surface area contributed by atoms with Crippen LogP contribution in [0.15, 0.2) is 0 Å². The molecule has 9 N–H and O–H groups in total. The number of rotatable bonds is 27. The fourth-order valence-corrected chi connectivity index (χ4v) is 6.14. The first-order valence-corrected chi connectivity index (χ1v) is 15.9. The molecule has 0 aromatic heterocycles. The van der Waals surface area contributed by atoms with Crippen molar-refractivity contribution < 1.29 is 201 Å². The summed E-state index contributed by atoms with van der Waals surface area (Å²) in [5, 5.41) is 129. The molecule has 64 heavy (non-hydrogen) atoms. The molecule has 3 atom stereocenters. The third-order valence-corrected chi connectivity index (χ3v) is 7.96. The smallest absolute Gasteiger partial charge is 0.130 e. The van der Waals surface area contributed by atoms with E-state index in [1.807, 2.05) is 0 Å². The van der Waals surface area contributed by atoms with Crippen molar-refractivity contribution in [2.24, 2.45) is 0 Å². The predicted molar refractivity (Wildman–Crippen MR) is 162 cm³/mol. The molecule has 0 rings (SSSR count). The fourth-order valence-electron chi connectivity index (χ4n) is 6.14. The van der Waals surface area contributed by atoms with E-state index in [9.17, 15) is 119 Å². The van der Waals surface area contributed by atoms with Crippen molar-refractivity contribution in [2.75, 3.05) is 58.9 Å². The van der Waals surface area contributed by atoms with Crippen LogP contribution in [0.4, 0.5) is 0 Å². The standard InChI is InChI=1S/3C10H15NO8.4Fe.3H3N/c3*1-2-6(10(18)19)11(3-7(12)13,4-8(14)15)5-9(16)17;;;;;;;/h3*6H,2-5H2,1H3,(H3-,12,13,14,15,16,17,18,19);;;;;3*1H3/p-9. The molecule has 0 heterocycles. The van der Waals surface area contributed by atoms with Crippen LogP contribution in [0.2, 0.25) is 0 Å². The van der Waals surface area contributed by atoms with Crippen molar-refractivity contribution in [1.82, 2.24) is 18.5 Å². The average molecular weight is 1100 g/mol. The van der Waals surface area contributed by atoms with Crippen LogP contribution in [-0.2, 0) is 126 Å². The minimum atomic E-state index is -1.79. The second-order valence-electron chi connectivity index (χ2n) is 12.2. The van der Waals surface area contributed by atoms with Crippen molar-refractivity contribution in [3.8, 4) is 0 Å². The van der Waals surface area contributed by atoms with Gasteiger partial charge in [0.25, 0.3) is 0 Å². The summed E-state index contributed by atoms with van der Waals surface area (Å²) < 4.78 is -3.94. The molecule has 0 aliphatic heterocycles. The van der Waals surface area contributed by atoms with Gasteiger partial charge in [0, 0.05) is 87.5 Å². The zero-order chi connectivity index (χ0) is 45.6. The minimum Gasteiger partial charge on any atom is -0.544 e. The van der Waals surface area contributed by atoms with Gasteiger partial charge in [0.2, 0.25) is 0 Å². The normalized spacial score (nSPS) is 11.3. The van der Waals surface area contributed by atoms with Gasteiger partial charge >= 0.3 is 0 Å². The molecule has 0 saturated carbocycles. The summed E-state index contributed by atoms with van der Waals surface area (Å²) in [5.41, 5.74) is 0. The van der Waals surface area contributed by atoms with Gasteiger partial charge in [-0.25, -0.2) is 0 Å². The summed E-state index contributed by atoms with van der Waals surface area (Å²) in [6.45, 7) is -6.07. The number of quaternary nitrogens is 3. The summed E-state index contributed by atoms with van der Waals surface area (Å²) in [7, 11) is 0. The molecule has 3 unspecified atom stereocenters. The second-order valence-corrected chi connectivity index (χ2v) is 12.2. The molecule has 0 fully saturated rings. The van der Waals surface area contributed by atoms with E-state index in [1.165, 1.54) is 20.8 Å². The van der Waals surface area contributed by atoms with Gasteiger partial charge in [-0.05, 0) is 0 Å². The summed E-state index contributed by atoms with van der Waals surface area (Å²) in [6.07, 6.45) is -0.678. The molecule has 34 heteroatoms. The zero-order valence-corrected chi connectivity index (χ0v) is 38.3. The largest absolute Gasteiger partial charge is 0.544 e. The van der Waals surface area contributed by atoms with Crippen molar-refractivity contribution in [3.05, 3.63) is 0 Å². The number of carboxylic acids is 12. The van der Waals surface area contributed by atoms with E-state index in [2.05, 4.69) is 0 Å². The van der Waals surface area contributed by atoms with E-state index in [4.69, 9.17) is 0 Å². The van der Waals surface area contributed by atoms with Crippen LogP contribution in [0.5, 0.6) is 0 Å². The Balaban J connectivity index is -0.0000000810. The van der Waals surface area contributed by atoms with Crippen LogP contribution in [0, 0.1) is 0 Å². The van der Waals surface area contributed by atoms with Gasteiger partial charge in [-0.15, -0.1) is 0 Å². The Labute approximate surface area is 406 Å². The van der Waals surface area contributed by atoms with E-state index in [0.717, 1.165) is 0 Å². The third-order valence-electron chi connectivity index (χ3n) is 7.96. The van der Waals surface area contributed by atoms with Crippen LogP contribution < -0.4 is 79.7 Å². The molecule has 30 nitrogen and oxygen atoms in total. The van der Waals surface area contributed by atoms with Gasteiger partial charge in [-0.1, -0.05) is 20.8 Å². The number of hydrogen-bond donors (Lipinski definition) is 3. The van der Waals surface area contributed by atoms with Crippen LogP contribution >= 0.6 is 0 Å². The quantitative estimate of drug-likeness (QED) is 0.0508. The maximum Gasteiger partial charge on any atom is 0.130 e. The van der Waals surface area contributed by atoms with Gasteiger partial charge in [0.1, 0.15) is 77.0 Å². The Kier molecular flexibility index (Phi) is 50.5. The molecule has 0 bridgehead atoms. The Bertz CT molecular complexity index is 1260. The summed E-state index contributed by atoms with van der Waals surface area (Å²) in [5.74, 6) is -21.4. The van der Waals surface area contributed by atoms with Crippen LogP contribution in [-0.4, -0.2) is 162 Å². The van der Waals surface area contributed by atoms with Crippen molar-refractivity contribution in [1.29, 1.82) is 0 Å². The van der Waals surface area contributed by atoms with Crippen molar-refractivity contribution in [3.63, 3.8) is 0 Å². The third kappa shape index (κ3) is 31.3. The van der Waals surface area contributed by atoms with Gasteiger partial charge in [-0.3, -0.25) is 0 Å². The molecule has 0 spiro atoms. The number of carbonyl (C=O) groups excluding carboxylic acids is 12. The van der Waals surface area contributed by atoms with Crippen molar-refractivity contribution >= 4 is 71.6 Å². The van der Waals surface area contributed by atoms with Gasteiger partial charge in [0.15, 0.2) is 0 Å². The Morgan fingerprint density at radius 3 is 0.422 bits per heavy atom. The van der Waals surface area contributed by atoms with E-state index >= 15 is 0 Å². The fraction of sp³-hybridized carbons (Fsp3) is 0.600. The summed E-state index contributed by atoms with van der Waals surface area (Å²) in [6, 6.07) is -4.93. The molecule has 380 valence electrons. The SMILES string of the molecule is CCC(C(=O)[O-])[N+](CC(=O)[O-])(CC(=O)[O-])CC(=O)[O-].CCC(C(=O)[O-])[N+](CC(=O)[O-])(CC(=O)[O-])CC(=O)[O-].CCC(C(=O)[O-])[N+](CC(=O)[O-])(CC(=O)[O-])CC(=O)[O-].N.N.N.[Fe].[Fe].[Fe].[Fe]. The number of aliphatic carboxylic acids is 12. The molecule has 0 aromatic carbocycles. The van der Waals surface area contributed by atoms with Crippen LogP contribution in [0.25, 0.3) is 0 Å². The van der Waals surface area contributed by atoms with Gasteiger partial charge in [-0.2, -0.15) is 0 Å². The van der Waals surface area contributed by atoms with Crippen molar-refractivity contribution in [2.45, 2.75) is 58.2 Å². The van der Waals surface area contributed by atoms with Gasteiger partial charge < -0.3 is 151 Å². The Hall–Kier alpha value is -4.52. The monoisotopic (exact) mass is 1100 g/mol. The minimum absolute atomic E-state index is 0. The van der Waals surface area contributed by atoms with E-state index in [1.54, 1.807) is 0 Å². The first-order valence-electron chi connectivity index (χ1n) is 15.9. The Morgan fingerprint density at radius 1 is 0.281 bits per heavy atom. The molecule has 0 aliphatic rings. The first-order chi connectivity index (χ1) is 25.9. The number of hydrogen-bond acceptors (Lipinski definition) is 27. The molecule has 0 amide bonds. The van der Waals surface area contributed by atoms with E-state index in [-0.39, 0.29) is 106 Å². The zero-order valence-electron chi connectivity index (χ0n) is 33.9. The molecule has 0 radical (unpaired) electrons. The number of nitrogens with zero attached hydrogens (tertiary/aromatic N) is 3. The second kappa shape index (κ2) is 38.9. The predicted octanol–water partition coefficient (Wildman–Crippen LogP) is -18.8. The maximum absolute atomic E-state index is 11.0. The number of carbonyl (C=O) groups is 12. The van der Waals surface area contributed by atoms with Crippen LogP contribution in [0.3, 0.4) is 0 Å². The number of carboxylic acid groups (broad SMARTS) is 12. The van der Waals surface area contributed by atoms with Crippen LogP contribution in [0.1, 0.15) is 40.0 Å². The maximum atomic E-state index is 11.0. The molecule has 0 aliphatic carbocycles. The molecular weight excluding hydrogens is 1050 g/mol. The molecular formula is C30H45Fe4N6O24-9. The Morgan fingerprint density at radius 2 is 0.375 bits per heavy atom. The van der Waals surface area contributed by atoms with E-state index in [0.29, 0.717) is 0 Å². The summed E-state index contributed by atoms with van der Waals surface area (Å²) >= 11 is 0. The van der Waals surface area contributed by atoms with E-state index < -0.39 is 162 Å². The summed E-state index contributed by atoms with van der Waals surface area (Å²) in [4.78, 5) is 129. The molecule has 0 aromatic rings.